The van der Waals surface area contributed by atoms with Gasteiger partial charge >= 0.3 is 6.18 Å². The van der Waals surface area contributed by atoms with Gasteiger partial charge in [0.05, 0.1) is 16.9 Å². The van der Waals surface area contributed by atoms with Gasteiger partial charge in [0.2, 0.25) is 0 Å². The first-order valence-corrected chi connectivity index (χ1v) is 10.1. The first-order chi connectivity index (χ1) is 13.6. The van der Waals surface area contributed by atoms with Gasteiger partial charge < -0.3 is 4.57 Å². The maximum atomic E-state index is 13.1. The molecule has 0 saturated carbocycles. The third kappa shape index (κ3) is 6.00. The van der Waals surface area contributed by atoms with Crippen molar-refractivity contribution in [3.05, 3.63) is 83.2 Å². The number of hydrogen-bond acceptors (Lipinski definition) is 2. The van der Waals surface area contributed by atoms with Crippen LogP contribution in [-0.2, 0) is 19.1 Å². The van der Waals surface area contributed by atoms with Crippen molar-refractivity contribution in [3.63, 3.8) is 0 Å². The molecule has 3 rings (SSSR count). The fraction of sp³-hybridized carbons (Fsp3) is 0.286. The molecule has 0 saturated heterocycles. The van der Waals surface area contributed by atoms with E-state index in [1.807, 2.05) is 17.7 Å². The van der Waals surface area contributed by atoms with E-state index in [2.05, 4.69) is 4.98 Å². The van der Waals surface area contributed by atoms with Crippen LogP contribution in [0.25, 0.3) is 0 Å². The van der Waals surface area contributed by atoms with E-state index in [0.717, 1.165) is 18.1 Å². The number of nitrogens with zero attached hydrogens (tertiary/aromatic N) is 2. The Hall–Kier alpha value is -1.99. The van der Waals surface area contributed by atoms with Crippen LogP contribution in [0.15, 0.2) is 66.1 Å². The first kappa shape index (κ1) is 21.7. The fourth-order valence-corrected chi connectivity index (χ4v) is 4.71. The molecule has 0 bridgehead atoms. The summed E-state index contributed by atoms with van der Waals surface area (Å²) in [5, 5.41) is -0.314. The van der Waals surface area contributed by atoms with Crippen LogP contribution in [0.2, 0.25) is 5.02 Å². The Bertz CT molecular complexity index is 942. The second kappa shape index (κ2) is 8.79. The topological polar surface area (TPSA) is 17.8 Å². The van der Waals surface area contributed by atoms with Crippen molar-refractivity contribution in [3.8, 4) is 0 Å². The SMILES string of the molecule is CC(CCc1ccc(F)cc1)(Cn1ccnc1)Sc1ccc(C(F)(F)F)c(Cl)c1. The van der Waals surface area contributed by atoms with Gasteiger partial charge in [-0.2, -0.15) is 13.2 Å². The van der Waals surface area contributed by atoms with Gasteiger partial charge in [0, 0.05) is 28.6 Å². The third-order valence-corrected chi connectivity index (χ3v) is 6.17. The molecule has 1 heterocycles. The minimum absolute atomic E-state index is 0.288. The average molecular weight is 443 g/mol. The summed E-state index contributed by atoms with van der Waals surface area (Å²) in [6, 6.07) is 10.2. The highest BCUT2D eigenvalue weighted by atomic mass is 35.5. The van der Waals surface area contributed by atoms with E-state index in [0.29, 0.717) is 17.9 Å². The second-order valence-electron chi connectivity index (χ2n) is 7.05. The van der Waals surface area contributed by atoms with Crippen LogP contribution in [0.3, 0.4) is 0 Å². The minimum atomic E-state index is -4.48. The lowest BCUT2D eigenvalue weighted by Gasteiger charge is -2.30. The second-order valence-corrected chi connectivity index (χ2v) is 9.12. The Morgan fingerprint density at radius 2 is 1.83 bits per heavy atom. The highest BCUT2D eigenvalue weighted by Gasteiger charge is 2.34. The number of aromatic nitrogens is 2. The molecule has 1 atom stereocenters. The summed E-state index contributed by atoms with van der Waals surface area (Å²) in [7, 11) is 0. The number of aryl methyl sites for hydroxylation is 1. The van der Waals surface area contributed by atoms with E-state index < -0.39 is 11.7 Å². The molecule has 154 valence electrons. The fourth-order valence-electron chi connectivity index (χ4n) is 3.06. The van der Waals surface area contributed by atoms with Gasteiger partial charge in [-0.1, -0.05) is 23.7 Å². The lowest BCUT2D eigenvalue weighted by atomic mass is 10.00. The van der Waals surface area contributed by atoms with E-state index in [4.69, 9.17) is 11.6 Å². The minimum Gasteiger partial charge on any atom is -0.336 e. The molecule has 8 heteroatoms. The van der Waals surface area contributed by atoms with Crippen molar-refractivity contribution in [2.45, 2.75) is 42.1 Å². The van der Waals surface area contributed by atoms with Crippen LogP contribution in [0.1, 0.15) is 24.5 Å². The number of benzene rings is 2. The Balaban J connectivity index is 1.81. The van der Waals surface area contributed by atoms with Crippen molar-refractivity contribution in [1.82, 2.24) is 9.55 Å². The lowest BCUT2D eigenvalue weighted by Crippen LogP contribution is -2.27. The predicted octanol–water partition coefficient (Wildman–Crippen LogP) is 6.88. The molecule has 0 amide bonds. The highest BCUT2D eigenvalue weighted by molar-refractivity contribution is 8.00. The van der Waals surface area contributed by atoms with E-state index in [1.54, 1.807) is 24.7 Å². The smallest absolute Gasteiger partial charge is 0.336 e. The molecule has 0 aliphatic rings. The molecule has 0 N–H and O–H groups in total. The molecule has 29 heavy (non-hydrogen) atoms. The third-order valence-electron chi connectivity index (χ3n) is 4.54. The van der Waals surface area contributed by atoms with Crippen LogP contribution in [0, 0.1) is 5.82 Å². The molecule has 0 spiro atoms. The summed E-state index contributed by atoms with van der Waals surface area (Å²) < 4.78 is 53.7. The number of hydrogen-bond donors (Lipinski definition) is 0. The molecule has 1 aromatic heterocycles. The quantitative estimate of drug-likeness (QED) is 0.293. The monoisotopic (exact) mass is 442 g/mol. The number of alkyl halides is 3. The Kier molecular flexibility index (Phi) is 6.58. The van der Waals surface area contributed by atoms with Crippen molar-refractivity contribution in [2.24, 2.45) is 0 Å². The zero-order valence-electron chi connectivity index (χ0n) is 15.6. The van der Waals surface area contributed by atoms with Gasteiger partial charge in [-0.15, -0.1) is 11.8 Å². The molecule has 2 aromatic carbocycles. The van der Waals surface area contributed by atoms with Gasteiger partial charge in [-0.05, 0) is 55.7 Å². The van der Waals surface area contributed by atoms with Crippen LogP contribution in [-0.4, -0.2) is 14.3 Å². The molecule has 2 nitrogen and oxygen atoms in total. The van der Waals surface area contributed by atoms with Gasteiger partial charge in [-0.3, -0.25) is 0 Å². The van der Waals surface area contributed by atoms with Crippen LogP contribution in [0.5, 0.6) is 0 Å². The number of halogens is 5. The number of imidazole rings is 1. The summed E-state index contributed by atoms with van der Waals surface area (Å²) in [5.74, 6) is -0.288. The molecule has 1 unspecified atom stereocenters. The van der Waals surface area contributed by atoms with Crippen molar-refractivity contribution in [2.75, 3.05) is 0 Å². The molecule has 0 fully saturated rings. The summed E-state index contributed by atoms with van der Waals surface area (Å²) >= 11 is 7.36. The highest BCUT2D eigenvalue weighted by Crippen LogP contribution is 2.41. The van der Waals surface area contributed by atoms with E-state index in [9.17, 15) is 17.6 Å². The van der Waals surface area contributed by atoms with Crippen molar-refractivity contribution < 1.29 is 17.6 Å². The summed E-state index contributed by atoms with van der Waals surface area (Å²) in [6.07, 6.45) is 2.17. The summed E-state index contributed by atoms with van der Waals surface area (Å²) in [6.45, 7) is 2.66. The molecule has 0 radical (unpaired) electrons. The van der Waals surface area contributed by atoms with Gasteiger partial charge in [0.1, 0.15) is 5.82 Å². The maximum Gasteiger partial charge on any atom is 0.417 e. The van der Waals surface area contributed by atoms with E-state index in [-0.39, 0.29) is 15.6 Å². The molecular formula is C21H19ClF4N2S. The molecule has 0 aliphatic heterocycles. The zero-order chi connectivity index (χ0) is 21.1. The van der Waals surface area contributed by atoms with Gasteiger partial charge in [0.25, 0.3) is 0 Å². The average Bonchev–Trinajstić information content (AvgIpc) is 3.13. The van der Waals surface area contributed by atoms with Crippen LogP contribution >= 0.6 is 23.4 Å². The van der Waals surface area contributed by atoms with E-state index in [1.165, 1.54) is 36.0 Å². The normalized spacial score (nSPS) is 14.0. The molecule has 0 aliphatic carbocycles. The molecule has 3 aromatic rings. The first-order valence-electron chi connectivity index (χ1n) is 8.91. The van der Waals surface area contributed by atoms with Gasteiger partial charge in [-0.25, -0.2) is 9.37 Å². The van der Waals surface area contributed by atoms with Gasteiger partial charge in [0.15, 0.2) is 0 Å². The summed E-state index contributed by atoms with van der Waals surface area (Å²) in [4.78, 5) is 4.72. The lowest BCUT2D eigenvalue weighted by molar-refractivity contribution is -0.137. The maximum absolute atomic E-state index is 13.1. The number of rotatable bonds is 7. The Labute approximate surface area is 175 Å². The van der Waals surface area contributed by atoms with Crippen LogP contribution in [0.4, 0.5) is 17.6 Å². The standard InChI is InChI=1S/C21H19ClF4N2S/c1-20(13-28-11-10-27-14-28,9-8-15-2-4-16(23)5-3-15)29-17-6-7-18(19(22)12-17)21(24,25)26/h2-7,10-12,14H,8-9,13H2,1H3. The van der Waals surface area contributed by atoms with Crippen LogP contribution < -0.4 is 0 Å². The Morgan fingerprint density at radius 3 is 2.41 bits per heavy atom. The Morgan fingerprint density at radius 1 is 1.10 bits per heavy atom. The zero-order valence-corrected chi connectivity index (χ0v) is 17.2. The van der Waals surface area contributed by atoms with Crippen molar-refractivity contribution >= 4 is 23.4 Å². The van der Waals surface area contributed by atoms with E-state index >= 15 is 0 Å². The number of thioether (sulfide) groups is 1. The largest absolute Gasteiger partial charge is 0.417 e. The predicted molar refractivity (Wildman–Crippen MR) is 108 cm³/mol. The summed E-state index contributed by atoms with van der Waals surface area (Å²) in [5.41, 5.74) is 0.153. The molecular weight excluding hydrogens is 424 g/mol. The van der Waals surface area contributed by atoms with Crippen molar-refractivity contribution in [1.29, 1.82) is 0 Å².